The van der Waals surface area contributed by atoms with E-state index in [1.165, 1.54) is 11.8 Å². The smallest absolute Gasteiger partial charge is 0.240 e. The highest BCUT2D eigenvalue weighted by atomic mass is 32.2. The van der Waals surface area contributed by atoms with Gasteiger partial charge in [-0.05, 0) is 24.6 Å². The van der Waals surface area contributed by atoms with Crippen molar-refractivity contribution < 1.29 is 4.79 Å². The zero-order valence-electron chi connectivity index (χ0n) is 15.2. The van der Waals surface area contributed by atoms with Crippen molar-refractivity contribution in [3.05, 3.63) is 71.5 Å². The number of anilines is 1. The van der Waals surface area contributed by atoms with E-state index in [4.69, 9.17) is 0 Å². The minimum absolute atomic E-state index is 0.0579. The molecule has 6 nitrogen and oxygen atoms in total. The molecule has 1 amide bonds. The van der Waals surface area contributed by atoms with E-state index >= 15 is 0 Å². The van der Waals surface area contributed by atoms with Gasteiger partial charge in [-0.2, -0.15) is 0 Å². The molecule has 0 bridgehead atoms. The highest BCUT2D eigenvalue weighted by Gasteiger charge is 2.37. The third kappa shape index (κ3) is 3.55. The Hall–Kier alpha value is -2.80. The van der Waals surface area contributed by atoms with Crippen LogP contribution in [0, 0.1) is 6.92 Å². The Labute approximate surface area is 162 Å². The molecule has 138 valence electrons. The fraction of sp³-hybridized carbons (Fsp3) is 0.250. The Morgan fingerprint density at radius 1 is 1.15 bits per heavy atom. The third-order valence-corrected chi connectivity index (χ3v) is 5.77. The monoisotopic (exact) mass is 379 g/mol. The van der Waals surface area contributed by atoms with E-state index in [0.29, 0.717) is 5.16 Å². The molecule has 2 heterocycles. The maximum Gasteiger partial charge on any atom is 0.240 e. The van der Waals surface area contributed by atoms with Gasteiger partial charge < -0.3 is 10.7 Å². The van der Waals surface area contributed by atoms with E-state index in [1.807, 2.05) is 73.1 Å². The molecule has 1 aliphatic rings. The summed E-state index contributed by atoms with van der Waals surface area (Å²) in [4.78, 5) is 13.1. The lowest BCUT2D eigenvalue weighted by Crippen LogP contribution is -2.41. The molecule has 3 aromatic rings. The van der Waals surface area contributed by atoms with Gasteiger partial charge in [0.15, 0.2) is 5.82 Å². The topological polar surface area (TPSA) is 71.8 Å². The number of amides is 1. The lowest BCUT2D eigenvalue weighted by molar-refractivity contribution is -0.116. The van der Waals surface area contributed by atoms with Crippen LogP contribution in [0.15, 0.2) is 59.8 Å². The van der Waals surface area contributed by atoms with Gasteiger partial charge in [0.1, 0.15) is 5.25 Å². The molecule has 0 saturated carbocycles. The van der Waals surface area contributed by atoms with Crippen molar-refractivity contribution in [2.75, 3.05) is 10.7 Å². The summed E-state index contributed by atoms with van der Waals surface area (Å²) in [6.07, 6.45) is 0.766. The Morgan fingerprint density at radius 2 is 1.89 bits per heavy atom. The summed E-state index contributed by atoms with van der Waals surface area (Å²) in [5.41, 5.74) is 6.45. The standard InChI is InChI=1S/C20H21N5OS/c1-3-16-22-23-20-25(16)24-17(14-7-5-4-6-8-14)18(27-20)19(26)21-15-11-9-13(2)10-12-15/h4-12,17-18,24H,3H2,1-2H3,(H,21,26)/t17-,18+/m0/s1. The van der Waals surface area contributed by atoms with Crippen molar-refractivity contribution >= 4 is 23.4 Å². The lowest BCUT2D eigenvalue weighted by atomic mass is 10.0. The number of nitrogens with zero attached hydrogens (tertiary/aromatic N) is 3. The number of carbonyl (C=O) groups excluding carboxylic acids is 1. The molecule has 0 fully saturated rings. The molecular formula is C20H21N5OS. The highest BCUT2D eigenvalue weighted by Crippen LogP contribution is 2.37. The molecule has 0 spiro atoms. The highest BCUT2D eigenvalue weighted by molar-refractivity contribution is 8.00. The number of aromatic nitrogens is 3. The second kappa shape index (κ2) is 7.44. The summed E-state index contributed by atoms with van der Waals surface area (Å²) < 4.78 is 1.90. The van der Waals surface area contributed by atoms with E-state index in [-0.39, 0.29) is 17.2 Å². The molecule has 1 aromatic heterocycles. The third-order valence-electron chi connectivity index (χ3n) is 4.56. The van der Waals surface area contributed by atoms with Gasteiger partial charge in [-0.15, -0.1) is 10.2 Å². The van der Waals surface area contributed by atoms with Gasteiger partial charge >= 0.3 is 0 Å². The number of rotatable bonds is 4. The number of carbonyl (C=O) groups is 1. The molecular weight excluding hydrogens is 358 g/mol. The number of nitrogens with one attached hydrogen (secondary N) is 2. The predicted octanol–water partition coefficient (Wildman–Crippen LogP) is 3.55. The van der Waals surface area contributed by atoms with Crippen molar-refractivity contribution in [2.45, 2.75) is 36.7 Å². The molecule has 0 saturated heterocycles. The van der Waals surface area contributed by atoms with E-state index in [0.717, 1.165) is 29.1 Å². The van der Waals surface area contributed by atoms with Gasteiger partial charge in [-0.1, -0.05) is 66.7 Å². The molecule has 2 N–H and O–H groups in total. The molecule has 2 atom stereocenters. The summed E-state index contributed by atoms with van der Waals surface area (Å²) in [7, 11) is 0. The zero-order valence-corrected chi connectivity index (χ0v) is 16.0. The molecule has 0 radical (unpaired) electrons. The van der Waals surface area contributed by atoms with Crippen LogP contribution in [0.1, 0.15) is 29.9 Å². The largest absolute Gasteiger partial charge is 0.325 e. The molecule has 0 unspecified atom stereocenters. The molecule has 2 aromatic carbocycles. The summed E-state index contributed by atoms with van der Waals surface area (Å²) in [5, 5.41) is 11.8. The maximum atomic E-state index is 13.1. The number of hydrogen-bond donors (Lipinski definition) is 2. The number of aryl methyl sites for hydroxylation is 2. The van der Waals surface area contributed by atoms with Gasteiger partial charge in [0.25, 0.3) is 0 Å². The number of thioether (sulfide) groups is 1. The second-order valence-corrected chi connectivity index (χ2v) is 7.61. The maximum absolute atomic E-state index is 13.1. The molecule has 4 rings (SSSR count). The van der Waals surface area contributed by atoms with Crippen molar-refractivity contribution in [3.63, 3.8) is 0 Å². The predicted molar refractivity (Wildman–Crippen MR) is 107 cm³/mol. The van der Waals surface area contributed by atoms with Gasteiger partial charge in [0, 0.05) is 12.1 Å². The van der Waals surface area contributed by atoms with E-state index < -0.39 is 0 Å². The van der Waals surface area contributed by atoms with Crippen LogP contribution >= 0.6 is 11.8 Å². The number of hydrogen-bond acceptors (Lipinski definition) is 5. The minimum atomic E-state index is -0.366. The summed E-state index contributed by atoms with van der Waals surface area (Å²) in [6, 6.07) is 17.6. The minimum Gasteiger partial charge on any atom is -0.325 e. The van der Waals surface area contributed by atoms with Crippen LogP contribution < -0.4 is 10.7 Å². The summed E-state index contributed by atoms with van der Waals surface area (Å²) >= 11 is 1.44. The Kier molecular flexibility index (Phi) is 4.85. The van der Waals surface area contributed by atoms with Crippen LogP contribution in [0.5, 0.6) is 0 Å². The second-order valence-electron chi connectivity index (χ2n) is 6.50. The lowest BCUT2D eigenvalue weighted by Gasteiger charge is -2.33. The first-order valence-corrected chi connectivity index (χ1v) is 9.83. The van der Waals surface area contributed by atoms with Crippen LogP contribution in [0.2, 0.25) is 0 Å². The fourth-order valence-electron chi connectivity index (χ4n) is 3.09. The molecule has 27 heavy (non-hydrogen) atoms. The Bertz CT molecular complexity index is 939. The Balaban J connectivity index is 1.65. The fourth-order valence-corrected chi connectivity index (χ4v) is 4.19. The Morgan fingerprint density at radius 3 is 2.59 bits per heavy atom. The average molecular weight is 379 g/mol. The number of benzene rings is 2. The quantitative estimate of drug-likeness (QED) is 0.725. The number of fused-ring (bicyclic) bond motifs is 1. The zero-order chi connectivity index (χ0) is 18.8. The van der Waals surface area contributed by atoms with Crippen LogP contribution in [0.3, 0.4) is 0 Å². The van der Waals surface area contributed by atoms with Crippen molar-refractivity contribution in [3.8, 4) is 0 Å². The van der Waals surface area contributed by atoms with Gasteiger partial charge in [0.05, 0.1) is 6.04 Å². The van der Waals surface area contributed by atoms with Gasteiger partial charge in [-0.3, -0.25) is 4.79 Å². The molecule has 1 aliphatic heterocycles. The normalized spacial score (nSPS) is 18.4. The van der Waals surface area contributed by atoms with Crippen LogP contribution in [-0.4, -0.2) is 26.0 Å². The summed E-state index contributed by atoms with van der Waals surface area (Å²) in [5.74, 6) is 0.799. The first-order valence-electron chi connectivity index (χ1n) is 8.95. The van der Waals surface area contributed by atoms with Gasteiger partial charge in [0.2, 0.25) is 11.1 Å². The van der Waals surface area contributed by atoms with E-state index in [2.05, 4.69) is 20.9 Å². The SMILES string of the molecule is CCc1nnc2n1N[C@@H](c1ccccc1)[C@H](C(=O)Nc1ccc(C)cc1)S2. The van der Waals surface area contributed by atoms with E-state index in [1.54, 1.807) is 0 Å². The first kappa shape index (κ1) is 17.6. The van der Waals surface area contributed by atoms with E-state index in [9.17, 15) is 4.79 Å². The van der Waals surface area contributed by atoms with Gasteiger partial charge in [-0.25, -0.2) is 4.68 Å². The summed E-state index contributed by atoms with van der Waals surface area (Å²) in [6.45, 7) is 4.06. The van der Waals surface area contributed by atoms with Crippen LogP contribution in [0.4, 0.5) is 5.69 Å². The molecule has 0 aliphatic carbocycles. The average Bonchev–Trinajstić information content (AvgIpc) is 3.11. The van der Waals surface area contributed by atoms with Crippen molar-refractivity contribution in [2.24, 2.45) is 0 Å². The van der Waals surface area contributed by atoms with Crippen LogP contribution in [0.25, 0.3) is 0 Å². The first-order chi connectivity index (χ1) is 13.2. The van der Waals surface area contributed by atoms with Crippen molar-refractivity contribution in [1.29, 1.82) is 0 Å². The molecule has 7 heteroatoms. The van der Waals surface area contributed by atoms with Crippen LogP contribution in [-0.2, 0) is 11.2 Å². The van der Waals surface area contributed by atoms with Crippen molar-refractivity contribution in [1.82, 2.24) is 14.9 Å².